The van der Waals surface area contributed by atoms with Gasteiger partial charge in [0.2, 0.25) is 27.7 Å². The predicted molar refractivity (Wildman–Crippen MR) is 197 cm³/mol. The van der Waals surface area contributed by atoms with Crippen LogP contribution in [0.1, 0.15) is 93.5 Å². The monoisotopic (exact) mass is 776 g/mol. The van der Waals surface area contributed by atoms with Crippen LogP contribution in [0.25, 0.3) is 11.0 Å². The summed E-state index contributed by atoms with van der Waals surface area (Å²) in [4.78, 5) is 75.0. The largest absolute Gasteiger partial charge is 0.471 e. The fourth-order valence-electron chi connectivity index (χ4n) is 7.22. The molecule has 17 heteroatoms. The highest BCUT2D eigenvalue weighted by Gasteiger charge is 2.63. The van der Waals surface area contributed by atoms with Crippen LogP contribution in [-0.4, -0.2) is 91.9 Å². The van der Waals surface area contributed by atoms with Crippen LogP contribution in [0.2, 0.25) is 0 Å². The molecule has 2 aliphatic heterocycles. The zero-order valence-corrected chi connectivity index (χ0v) is 31.8. The molecule has 0 unspecified atom stereocenters. The SMILES string of the molecule is CCc1nc2ccc(F)cc2nc1O[C@@H]1C[C@H]2C(=O)N[C@]3(C(=O)NS(=O)(=O)C4(C)CC4)C[C@H]3/C=C\CCCCC[C@H](NC(=O)c3cnc(C)cn3)C(=O)N2C1. The molecule has 2 saturated carbocycles. The third-order valence-electron chi connectivity index (χ3n) is 11.1. The Morgan fingerprint density at radius 1 is 1.09 bits per heavy atom. The Kier molecular flexibility index (Phi) is 10.3. The van der Waals surface area contributed by atoms with Crippen LogP contribution >= 0.6 is 0 Å². The Labute approximate surface area is 318 Å². The summed E-state index contributed by atoms with van der Waals surface area (Å²) in [6.45, 7) is 5.08. The number of aromatic nitrogens is 4. The number of nitrogens with zero attached hydrogens (tertiary/aromatic N) is 5. The molecule has 2 aromatic heterocycles. The van der Waals surface area contributed by atoms with Crippen LogP contribution in [0.3, 0.4) is 0 Å². The van der Waals surface area contributed by atoms with Crippen LogP contribution < -0.4 is 20.1 Å². The van der Waals surface area contributed by atoms with Crippen molar-refractivity contribution in [2.24, 2.45) is 5.92 Å². The number of allylic oxidation sites excluding steroid dienone is 1. The third kappa shape index (κ3) is 7.89. The predicted octanol–water partition coefficient (Wildman–Crippen LogP) is 2.97. The molecule has 292 valence electrons. The van der Waals surface area contributed by atoms with Gasteiger partial charge in [0, 0.05) is 24.6 Å². The average molecular weight is 777 g/mol. The van der Waals surface area contributed by atoms with Crippen LogP contribution in [-0.2, 0) is 30.8 Å². The molecule has 7 rings (SSSR count). The number of carbonyl (C=O) groups excluding carboxylic acids is 4. The number of sulfonamides is 1. The van der Waals surface area contributed by atoms with Crippen molar-refractivity contribution in [2.75, 3.05) is 6.54 Å². The molecule has 0 spiro atoms. The first kappa shape index (κ1) is 38.2. The summed E-state index contributed by atoms with van der Waals surface area (Å²) in [5.41, 5.74) is 0.330. The number of fused-ring (bicyclic) bond motifs is 3. The molecule has 1 saturated heterocycles. The van der Waals surface area contributed by atoms with E-state index in [9.17, 15) is 32.0 Å². The molecule has 0 radical (unpaired) electrons. The van der Waals surface area contributed by atoms with Gasteiger partial charge in [-0.05, 0) is 70.9 Å². The molecule has 15 nitrogen and oxygen atoms in total. The van der Waals surface area contributed by atoms with Gasteiger partial charge in [-0.2, -0.15) is 0 Å². The number of carbonyl (C=O) groups is 4. The van der Waals surface area contributed by atoms with Gasteiger partial charge < -0.3 is 20.3 Å². The fraction of sp³-hybridized carbons (Fsp3) is 0.526. The number of ether oxygens (including phenoxy) is 1. The number of rotatable bonds is 8. The third-order valence-corrected chi connectivity index (χ3v) is 13.2. The first-order valence-corrected chi connectivity index (χ1v) is 20.3. The Morgan fingerprint density at radius 3 is 2.62 bits per heavy atom. The molecule has 1 aromatic carbocycles. The zero-order chi connectivity index (χ0) is 39.1. The van der Waals surface area contributed by atoms with Gasteiger partial charge in [-0.15, -0.1) is 0 Å². The number of hydrogen-bond donors (Lipinski definition) is 3. The molecule has 0 bridgehead atoms. The Bertz CT molecular complexity index is 2160. The van der Waals surface area contributed by atoms with Crippen molar-refractivity contribution in [1.29, 1.82) is 0 Å². The minimum Gasteiger partial charge on any atom is -0.471 e. The van der Waals surface area contributed by atoms with Crippen molar-refractivity contribution in [3.8, 4) is 5.88 Å². The molecule has 3 N–H and O–H groups in total. The second kappa shape index (κ2) is 14.9. The Hall–Kier alpha value is -5.06. The summed E-state index contributed by atoms with van der Waals surface area (Å²) in [5, 5.41) is 5.67. The molecule has 55 heavy (non-hydrogen) atoms. The minimum atomic E-state index is -4.01. The van der Waals surface area contributed by atoms with Gasteiger partial charge >= 0.3 is 0 Å². The lowest BCUT2D eigenvalue weighted by Crippen LogP contribution is -2.58. The molecule has 3 aromatic rings. The highest BCUT2D eigenvalue weighted by atomic mass is 32.2. The van der Waals surface area contributed by atoms with Crippen LogP contribution in [0, 0.1) is 18.7 Å². The molecule has 4 amide bonds. The highest BCUT2D eigenvalue weighted by molar-refractivity contribution is 7.91. The number of nitrogens with one attached hydrogen (secondary N) is 3. The number of amides is 4. The molecule has 2 aliphatic carbocycles. The fourth-order valence-corrected chi connectivity index (χ4v) is 8.53. The van der Waals surface area contributed by atoms with Crippen molar-refractivity contribution in [1.82, 2.24) is 40.2 Å². The van der Waals surface area contributed by atoms with E-state index in [0.29, 0.717) is 49.0 Å². The average Bonchev–Trinajstić information content (AvgIpc) is 4.03. The number of hydrogen-bond acceptors (Lipinski definition) is 11. The van der Waals surface area contributed by atoms with Crippen LogP contribution in [0.4, 0.5) is 4.39 Å². The van der Waals surface area contributed by atoms with E-state index in [4.69, 9.17) is 4.74 Å². The van der Waals surface area contributed by atoms with E-state index in [1.165, 1.54) is 35.5 Å². The van der Waals surface area contributed by atoms with E-state index < -0.39 is 73.9 Å². The second-order valence-electron chi connectivity index (χ2n) is 15.2. The molecule has 3 fully saturated rings. The van der Waals surface area contributed by atoms with Gasteiger partial charge in [-0.3, -0.25) is 28.9 Å². The summed E-state index contributed by atoms with van der Waals surface area (Å²) in [7, 11) is -4.01. The Morgan fingerprint density at radius 2 is 1.89 bits per heavy atom. The summed E-state index contributed by atoms with van der Waals surface area (Å²) in [6.07, 6.45) is 10.2. The quantitative estimate of drug-likeness (QED) is 0.284. The molecular weight excluding hydrogens is 732 g/mol. The van der Waals surface area contributed by atoms with Crippen LogP contribution in [0.5, 0.6) is 5.88 Å². The van der Waals surface area contributed by atoms with Gasteiger partial charge in [0.15, 0.2) is 0 Å². The normalized spacial score (nSPS) is 27.1. The first-order valence-electron chi connectivity index (χ1n) is 18.8. The van der Waals surface area contributed by atoms with E-state index in [1.54, 1.807) is 13.8 Å². The van der Waals surface area contributed by atoms with Crippen molar-refractivity contribution in [2.45, 2.75) is 113 Å². The number of benzene rings is 1. The van der Waals surface area contributed by atoms with Crippen molar-refractivity contribution < 1.29 is 36.7 Å². The van der Waals surface area contributed by atoms with Gasteiger partial charge in [-0.1, -0.05) is 31.9 Å². The lowest BCUT2D eigenvalue weighted by Gasteiger charge is -2.30. The lowest BCUT2D eigenvalue weighted by atomic mass is 10.0. The van der Waals surface area contributed by atoms with Crippen molar-refractivity contribution in [3.05, 3.63) is 65.6 Å². The molecular formula is C38H45FN8O7S. The van der Waals surface area contributed by atoms with Gasteiger partial charge in [0.1, 0.15) is 40.9 Å². The summed E-state index contributed by atoms with van der Waals surface area (Å²) in [5.74, 6) is -3.48. The van der Waals surface area contributed by atoms with E-state index in [-0.39, 0.29) is 42.9 Å². The number of halogens is 1. The molecule has 5 atom stereocenters. The second-order valence-corrected chi connectivity index (χ2v) is 17.4. The van der Waals surface area contributed by atoms with E-state index >= 15 is 0 Å². The van der Waals surface area contributed by atoms with Gasteiger partial charge in [0.05, 0.1) is 34.2 Å². The van der Waals surface area contributed by atoms with E-state index in [1.807, 2.05) is 19.1 Å². The van der Waals surface area contributed by atoms with Crippen molar-refractivity contribution in [3.63, 3.8) is 0 Å². The van der Waals surface area contributed by atoms with Gasteiger partial charge in [0.25, 0.3) is 11.8 Å². The summed E-state index contributed by atoms with van der Waals surface area (Å²) < 4.78 is 48.0. The zero-order valence-electron chi connectivity index (χ0n) is 31.0. The van der Waals surface area contributed by atoms with Crippen molar-refractivity contribution >= 4 is 44.7 Å². The smallest absolute Gasteiger partial charge is 0.272 e. The molecule has 4 heterocycles. The summed E-state index contributed by atoms with van der Waals surface area (Å²) >= 11 is 0. The standard InChI is InChI=1S/C38H45FN8O7S/c1-4-26-34(44-29-16-24(39)12-13-27(29)42-26)54-25-17-31-33(49)45-38(36(51)46-55(52,53)37(3)14-15-37)18-23(38)10-8-6-5-7-9-11-28(35(50)47(31)21-25)43-32(48)30-20-40-22(2)19-41-30/h8,10,12-13,16,19-20,23,25,28,31H,4-7,9,11,14-15,17-18,21H2,1-3H3,(H,43,48)(H,45,49)(H,46,51)/b10-8-/t23-,25-,28+,31+,38-/m1/s1. The maximum atomic E-state index is 14.6. The highest BCUT2D eigenvalue weighted by Crippen LogP contribution is 2.47. The topological polar surface area (TPSA) is 203 Å². The Balaban J connectivity index is 1.21. The lowest BCUT2D eigenvalue weighted by molar-refractivity contribution is -0.141. The number of aryl methyl sites for hydroxylation is 2. The van der Waals surface area contributed by atoms with Gasteiger partial charge in [-0.25, -0.2) is 27.8 Å². The van der Waals surface area contributed by atoms with E-state index in [0.717, 1.165) is 12.8 Å². The summed E-state index contributed by atoms with van der Waals surface area (Å²) in [6, 6.07) is 1.83. The van der Waals surface area contributed by atoms with Crippen LogP contribution in [0.15, 0.2) is 42.7 Å². The minimum absolute atomic E-state index is 0.0255. The van der Waals surface area contributed by atoms with E-state index in [2.05, 4.69) is 35.3 Å². The first-order chi connectivity index (χ1) is 26.2. The molecule has 4 aliphatic rings. The maximum Gasteiger partial charge on any atom is 0.272 e. The maximum absolute atomic E-state index is 14.6.